The van der Waals surface area contributed by atoms with Crippen molar-refractivity contribution >= 4 is 56.6 Å². The first kappa shape index (κ1) is 25.9. The summed E-state index contributed by atoms with van der Waals surface area (Å²) >= 11 is 2.00. The molecule has 2 aromatic carbocycles. The maximum Gasteiger partial charge on any atom is 0.336 e. The van der Waals surface area contributed by atoms with Gasteiger partial charge in [-0.1, -0.05) is 6.07 Å². The lowest BCUT2D eigenvalue weighted by Gasteiger charge is -2.21. The monoisotopic (exact) mass is 651 g/mol. The highest BCUT2D eigenvalue weighted by molar-refractivity contribution is 14.1. The van der Waals surface area contributed by atoms with Crippen LogP contribution in [0.3, 0.4) is 0 Å². The predicted octanol–water partition coefficient (Wildman–Crippen LogP) is 4.52. The highest BCUT2D eigenvalue weighted by Gasteiger charge is 2.31. The minimum Gasteiger partial charge on any atom is -0.338 e. The molecule has 0 saturated heterocycles. The third-order valence-electron chi connectivity index (χ3n) is 6.87. The van der Waals surface area contributed by atoms with Gasteiger partial charge in [-0.3, -0.25) is 23.3 Å². The van der Waals surface area contributed by atoms with Crippen LogP contribution in [0.1, 0.15) is 24.4 Å². The number of nitrogens with one attached hydrogen (secondary N) is 2. The molecule has 0 spiro atoms. The average Bonchev–Trinajstić information content (AvgIpc) is 3.77. The van der Waals surface area contributed by atoms with Crippen LogP contribution in [0.25, 0.3) is 16.6 Å². The Balaban J connectivity index is 1.65. The van der Waals surface area contributed by atoms with Crippen LogP contribution in [0.2, 0.25) is 0 Å². The van der Waals surface area contributed by atoms with Gasteiger partial charge in [-0.25, -0.2) is 19.2 Å². The number of aryl methyl sites for hydroxylation is 1. The molecule has 1 saturated carbocycles. The minimum atomic E-state index is -0.546. The molecule has 5 aromatic rings. The van der Waals surface area contributed by atoms with Crippen molar-refractivity contribution in [1.29, 1.82) is 0 Å². The summed E-state index contributed by atoms with van der Waals surface area (Å²) in [5.74, 6) is -0.0625. The molecule has 0 radical (unpaired) electrons. The quantitative estimate of drug-likeness (QED) is 0.260. The molecule has 1 aliphatic rings. The number of pyridine rings is 1. The van der Waals surface area contributed by atoms with Crippen molar-refractivity contribution in [3.63, 3.8) is 0 Å². The fraction of sp³-hybridized carbons (Fsp3) is 0.179. The second kappa shape index (κ2) is 10.0. The second-order valence-corrected chi connectivity index (χ2v) is 10.8. The van der Waals surface area contributed by atoms with Crippen molar-refractivity contribution in [2.45, 2.75) is 25.8 Å². The largest absolute Gasteiger partial charge is 0.338 e. The Hall–Kier alpha value is -4.33. The molecule has 0 unspecified atom stereocenters. The molecular weight excluding hydrogens is 628 g/mol. The summed E-state index contributed by atoms with van der Waals surface area (Å²) in [6.07, 6.45) is 4.58. The molecule has 2 N–H and O–H groups in total. The molecule has 10 nitrogen and oxygen atoms in total. The van der Waals surface area contributed by atoms with Gasteiger partial charge in [-0.15, -0.1) is 0 Å². The Kier molecular flexibility index (Phi) is 6.49. The van der Waals surface area contributed by atoms with Crippen molar-refractivity contribution in [3.05, 3.63) is 107 Å². The van der Waals surface area contributed by atoms with Crippen molar-refractivity contribution < 1.29 is 4.39 Å². The fourth-order valence-electron chi connectivity index (χ4n) is 4.79. The van der Waals surface area contributed by atoms with Gasteiger partial charge >= 0.3 is 5.69 Å². The topological polar surface area (TPSA) is 116 Å². The van der Waals surface area contributed by atoms with Gasteiger partial charge < -0.3 is 10.6 Å². The number of benzene rings is 2. The predicted molar refractivity (Wildman–Crippen MR) is 160 cm³/mol. The van der Waals surface area contributed by atoms with Gasteiger partial charge in [0.05, 0.1) is 16.9 Å². The summed E-state index contributed by atoms with van der Waals surface area (Å²) in [6, 6.07) is 13.1. The molecule has 0 atom stereocenters. The summed E-state index contributed by atoms with van der Waals surface area (Å²) in [5, 5.41) is 6.20. The first-order chi connectivity index (χ1) is 19.2. The van der Waals surface area contributed by atoms with E-state index in [0.717, 1.165) is 0 Å². The van der Waals surface area contributed by atoms with Crippen molar-refractivity contribution in [3.8, 4) is 5.69 Å². The highest BCUT2D eigenvalue weighted by atomic mass is 127. The number of anilines is 4. The zero-order chi connectivity index (χ0) is 28.1. The first-order valence-corrected chi connectivity index (χ1v) is 13.6. The van der Waals surface area contributed by atoms with Crippen molar-refractivity contribution in [1.82, 2.24) is 23.7 Å². The Morgan fingerprint density at radius 1 is 0.975 bits per heavy atom. The summed E-state index contributed by atoms with van der Waals surface area (Å²) in [4.78, 5) is 49.7. The normalized spacial score (nSPS) is 13.0. The maximum atomic E-state index is 14.9. The van der Waals surface area contributed by atoms with Crippen LogP contribution in [0.15, 0.2) is 75.3 Å². The Labute approximate surface area is 240 Å². The van der Waals surface area contributed by atoms with Gasteiger partial charge in [0.15, 0.2) is 0 Å². The Morgan fingerprint density at radius 3 is 2.42 bits per heavy atom. The molecule has 1 aliphatic carbocycles. The summed E-state index contributed by atoms with van der Waals surface area (Å²) in [6.45, 7) is 1.58. The molecule has 0 aliphatic heterocycles. The average molecular weight is 651 g/mol. The van der Waals surface area contributed by atoms with Crippen LogP contribution in [-0.4, -0.2) is 23.7 Å². The van der Waals surface area contributed by atoms with Gasteiger partial charge in [-0.2, -0.15) is 0 Å². The van der Waals surface area contributed by atoms with Crippen LogP contribution in [0.4, 0.5) is 27.5 Å². The van der Waals surface area contributed by atoms with Crippen LogP contribution in [0, 0.1) is 16.3 Å². The Bertz CT molecular complexity index is 1980. The number of halogens is 2. The minimum absolute atomic E-state index is 0.102. The van der Waals surface area contributed by atoms with E-state index in [4.69, 9.17) is 0 Å². The molecule has 40 heavy (non-hydrogen) atoms. The number of nitrogens with zero attached hydrogens (tertiary/aromatic N) is 5. The molecular formula is C28H23FIN7O3. The van der Waals surface area contributed by atoms with E-state index in [1.807, 2.05) is 22.6 Å². The van der Waals surface area contributed by atoms with Crippen LogP contribution >= 0.6 is 22.6 Å². The van der Waals surface area contributed by atoms with Gasteiger partial charge in [0.2, 0.25) is 5.95 Å². The number of rotatable bonds is 6. The van der Waals surface area contributed by atoms with Gasteiger partial charge in [0.1, 0.15) is 17.0 Å². The number of fused-ring (bicyclic) bond motifs is 1. The lowest BCUT2D eigenvalue weighted by Crippen LogP contribution is -2.41. The molecule has 3 aromatic heterocycles. The second-order valence-electron chi connectivity index (χ2n) is 9.58. The lowest BCUT2D eigenvalue weighted by molar-refractivity contribution is 0.630. The number of hydrogen-bond donors (Lipinski definition) is 2. The standard InChI is InChI=1S/C28H23FIN7O3/c1-15-23-22(24(35(2)25(15)38)34-21-10-7-16(30)13-20(21)29)26(39)37(18-8-9-18)28(40)36(23)19-6-3-5-17(14-19)33-27-31-11-4-12-32-27/h3-7,10-14,18,34H,8-9H2,1-2H3,(H,31,32,33). The van der Waals surface area contributed by atoms with Gasteiger partial charge in [-0.05, 0) is 84.8 Å². The molecule has 12 heteroatoms. The van der Waals surface area contributed by atoms with Gasteiger partial charge in [0, 0.05) is 40.3 Å². The fourth-order valence-corrected chi connectivity index (χ4v) is 5.24. The summed E-state index contributed by atoms with van der Waals surface area (Å²) < 4.78 is 19.5. The van der Waals surface area contributed by atoms with E-state index in [1.165, 1.54) is 26.8 Å². The van der Waals surface area contributed by atoms with E-state index in [0.29, 0.717) is 33.7 Å². The highest BCUT2D eigenvalue weighted by Crippen LogP contribution is 2.34. The van der Waals surface area contributed by atoms with E-state index in [2.05, 4.69) is 20.6 Å². The smallest absolute Gasteiger partial charge is 0.336 e. The SMILES string of the molecule is Cc1c(=O)n(C)c(Nc2ccc(I)cc2F)c2c(=O)n(C3CC3)c(=O)n(-c3cccc(Nc4ncccn4)c3)c12. The first-order valence-electron chi connectivity index (χ1n) is 12.5. The van der Waals surface area contributed by atoms with E-state index < -0.39 is 22.6 Å². The van der Waals surface area contributed by atoms with Crippen LogP contribution in [0.5, 0.6) is 0 Å². The van der Waals surface area contributed by atoms with E-state index in [1.54, 1.807) is 61.8 Å². The summed E-state index contributed by atoms with van der Waals surface area (Å²) in [5.41, 5.74) is 0.0226. The van der Waals surface area contributed by atoms with Gasteiger partial charge in [0.25, 0.3) is 11.1 Å². The molecule has 0 bridgehead atoms. The van der Waals surface area contributed by atoms with E-state index in [-0.39, 0.29) is 34.0 Å². The Morgan fingerprint density at radius 2 is 1.73 bits per heavy atom. The molecule has 6 rings (SSSR count). The van der Waals surface area contributed by atoms with Crippen molar-refractivity contribution in [2.75, 3.05) is 10.6 Å². The third kappa shape index (κ3) is 4.47. The van der Waals surface area contributed by atoms with Crippen molar-refractivity contribution in [2.24, 2.45) is 7.05 Å². The molecule has 0 amide bonds. The van der Waals surface area contributed by atoms with Crippen LogP contribution < -0.4 is 27.4 Å². The zero-order valence-corrected chi connectivity index (χ0v) is 23.6. The summed E-state index contributed by atoms with van der Waals surface area (Å²) in [7, 11) is 1.52. The molecule has 202 valence electrons. The number of hydrogen-bond acceptors (Lipinski definition) is 7. The van der Waals surface area contributed by atoms with E-state index >= 15 is 0 Å². The zero-order valence-electron chi connectivity index (χ0n) is 21.5. The van der Waals surface area contributed by atoms with Crippen LogP contribution in [-0.2, 0) is 7.05 Å². The molecule has 3 heterocycles. The maximum absolute atomic E-state index is 14.9. The lowest BCUT2D eigenvalue weighted by atomic mass is 10.1. The van der Waals surface area contributed by atoms with E-state index in [9.17, 15) is 18.8 Å². The molecule has 1 fully saturated rings. The third-order valence-corrected chi connectivity index (χ3v) is 7.54. The number of aromatic nitrogens is 5.